The Labute approximate surface area is 107 Å². The van der Waals surface area contributed by atoms with Crippen molar-refractivity contribution in [3.63, 3.8) is 0 Å². The van der Waals surface area contributed by atoms with Gasteiger partial charge in [-0.1, -0.05) is 13.0 Å². The van der Waals surface area contributed by atoms with Crippen molar-refractivity contribution in [2.45, 2.75) is 32.4 Å². The number of hydrogen-bond donors (Lipinski definition) is 2. The lowest BCUT2D eigenvalue weighted by atomic mass is 9.94. The fourth-order valence-corrected chi connectivity index (χ4v) is 2.83. The Hall–Kier alpha value is -1.13. The lowest BCUT2D eigenvalue weighted by molar-refractivity contribution is 0.122. The Morgan fingerprint density at radius 1 is 1.44 bits per heavy atom. The van der Waals surface area contributed by atoms with Gasteiger partial charge in [-0.25, -0.2) is 4.39 Å². The van der Waals surface area contributed by atoms with Crippen LogP contribution in [0.4, 0.5) is 4.39 Å². The van der Waals surface area contributed by atoms with Crippen molar-refractivity contribution < 1.29 is 9.50 Å². The maximum Gasteiger partial charge on any atom is 0.126 e. The molecule has 1 fully saturated rings. The number of rotatable bonds is 2. The van der Waals surface area contributed by atoms with Crippen LogP contribution < -0.4 is 5.73 Å². The standard InChI is InChI=1S/C14H21FN2O/c1-9-5-12(16)8-17(7-9)10(2)13-4-3-11(15)6-14(13)18/h3-4,6,9-10,12,18H,5,7-8,16H2,1-2H3. The van der Waals surface area contributed by atoms with Crippen LogP contribution in [0.5, 0.6) is 5.75 Å². The summed E-state index contributed by atoms with van der Waals surface area (Å²) in [5.74, 6) is 0.167. The quantitative estimate of drug-likeness (QED) is 0.849. The average molecular weight is 252 g/mol. The Bertz CT molecular complexity index is 414. The van der Waals surface area contributed by atoms with Crippen LogP contribution in [0.15, 0.2) is 18.2 Å². The second-order valence-corrected chi connectivity index (χ2v) is 5.43. The molecule has 2 rings (SSSR count). The first kappa shape index (κ1) is 13.3. The Morgan fingerprint density at radius 3 is 2.78 bits per heavy atom. The fraction of sp³-hybridized carbons (Fsp3) is 0.571. The summed E-state index contributed by atoms with van der Waals surface area (Å²) in [5, 5.41) is 9.83. The number of nitrogens with two attached hydrogens (primary N) is 1. The number of phenolic OH excluding ortho intramolecular Hbond substituents is 1. The van der Waals surface area contributed by atoms with Gasteiger partial charge in [0, 0.05) is 36.8 Å². The lowest BCUT2D eigenvalue weighted by Crippen LogP contribution is -2.47. The summed E-state index contributed by atoms with van der Waals surface area (Å²) >= 11 is 0. The Kier molecular flexibility index (Phi) is 3.88. The first-order chi connectivity index (χ1) is 8.47. The summed E-state index contributed by atoms with van der Waals surface area (Å²) in [7, 11) is 0. The van der Waals surface area contributed by atoms with E-state index in [-0.39, 0.29) is 17.8 Å². The Morgan fingerprint density at radius 2 is 2.17 bits per heavy atom. The first-order valence-electron chi connectivity index (χ1n) is 6.45. The number of likely N-dealkylation sites (tertiary alicyclic amines) is 1. The van der Waals surface area contributed by atoms with Gasteiger partial charge in [0.15, 0.2) is 0 Å². The molecular weight excluding hydrogens is 231 g/mol. The molecule has 0 spiro atoms. The maximum absolute atomic E-state index is 13.0. The van der Waals surface area contributed by atoms with Crippen molar-refractivity contribution in [3.8, 4) is 5.75 Å². The molecule has 1 aliphatic heterocycles. The van der Waals surface area contributed by atoms with Crippen LogP contribution in [0.2, 0.25) is 0 Å². The van der Waals surface area contributed by atoms with Crippen molar-refractivity contribution in [2.24, 2.45) is 11.7 Å². The molecule has 0 radical (unpaired) electrons. The minimum absolute atomic E-state index is 0.0225. The summed E-state index contributed by atoms with van der Waals surface area (Å²) in [4.78, 5) is 2.26. The van der Waals surface area contributed by atoms with Gasteiger partial charge in [-0.15, -0.1) is 0 Å². The van der Waals surface area contributed by atoms with Crippen LogP contribution in [-0.4, -0.2) is 29.1 Å². The van der Waals surface area contributed by atoms with E-state index in [0.29, 0.717) is 5.92 Å². The van der Waals surface area contributed by atoms with Gasteiger partial charge in [0.1, 0.15) is 11.6 Å². The molecule has 1 saturated heterocycles. The van der Waals surface area contributed by atoms with E-state index in [0.717, 1.165) is 25.1 Å². The van der Waals surface area contributed by atoms with Crippen molar-refractivity contribution in [2.75, 3.05) is 13.1 Å². The molecule has 0 saturated carbocycles. The highest BCUT2D eigenvalue weighted by Crippen LogP contribution is 2.31. The second kappa shape index (κ2) is 5.24. The summed E-state index contributed by atoms with van der Waals surface area (Å²) in [6, 6.07) is 4.44. The zero-order valence-corrected chi connectivity index (χ0v) is 10.9. The smallest absolute Gasteiger partial charge is 0.126 e. The van der Waals surface area contributed by atoms with E-state index in [1.165, 1.54) is 12.1 Å². The molecular formula is C14H21FN2O. The number of phenols is 1. The van der Waals surface area contributed by atoms with Crippen molar-refractivity contribution in [1.29, 1.82) is 0 Å². The lowest BCUT2D eigenvalue weighted by Gasteiger charge is -2.38. The predicted octanol–water partition coefficient (Wildman–Crippen LogP) is 2.26. The SMILES string of the molecule is CC1CC(N)CN(C(C)c2ccc(F)cc2O)C1. The van der Waals surface area contributed by atoms with Gasteiger partial charge in [-0.05, 0) is 25.3 Å². The van der Waals surface area contributed by atoms with Gasteiger partial charge in [-0.2, -0.15) is 0 Å². The highest BCUT2D eigenvalue weighted by molar-refractivity contribution is 5.35. The molecule has 3 unspecified atom stereocenters. The van der Waals surface area contributed by atoms with Crippen molar-refractivity contribution >= 4 is 0 Å². The number of nitrogens with zero attached hydrogens (tertiary/aromatic N) is 1. The molecule has 100 valence electrons. The zero-order valence-electron chi connectivity index (χ0n) is 10.9. The monoisotopic (exact) mass is 252 g/mol. The normalized spacial score (nSPS) is 27.1. The first-order valence-corrected chi connectivity index (χ1v) is 6.45. The number of piperidine rings is 1. The van der Waals surface area contributed by atoms with Crippen LogP contribution in [0, 0.1) is 11.7 Å². The van der Waals surface area contributed by atoms with Gasteiger partial charge in [0.2, 0.25) is 0 Å². The number of benzene rings is 1. The van der Waals surface area contributed by atoms with Crippen LogP contribution >= 0.6 is 0 Å². The summed E-state index contributed by atoms with van der Waals surface area (Å²) in [6.45, 7) is 6.00. The molecule has 4 heteroatoms. The van der Waals surface area contributed by atoms with Crippen molar-refractivity contribution in [3.05, 3.63) is 29.6 Å². The number of halogens is 1. The van der Waals surface area contributed by atoms with Gasteiger partial charge in [0.05, 0.1) is 0 Å². The van der Waals surface area contributed by atoms with Gasteiger partial charge >= 0.3 is 0 Å². The molecule has 1 aromatic rings. The van der Waals surface area contributed by atoms with Crippen LogP contribution in [0.3, 0.4) is 0 Å². The van der Waals surface area contributed by atoms with E-state index in [9.17, 15) is 9.50 Å². The molecule has 1 aliphatic rings. The molecule has 3 atom stereocenters. The third-order valence-electron chi connectivity index (χ3n) is 3.71. The van der Waals surface area contributed by atoms with E-state index in [1.54, 1.807) is 6.07 Å². The molecule has 1 heterocycles. The number of hydrogen-bond acceptors (Lipinski definition) is 3. The third-order valence-corrected chi connectivity index (χ3v) is 3.71. The third kappa shape index (κ3) is 2.82. The zero-order chi connectivity index (χ0) is 13.3. The van der Waals surface area contributed by atoms with E-state index >= 15 is 0 Å². The van der Waals surface area contributed by atoms with Gasteiger partial charge in [-0.3, -0.25) is 4.90 Å². The topological polar surface area (TPSA) is 49.5 Å². The molecule has 1 aromatic carbocycles. The molecule has 3 N–H and O–H groups in total. The van der Waals surface area contributed by atoms with Crippen molar-refractivity contribution in [1.82, 2.24) is 4.90 Å². The van der Waals surface area contributed by atoms with E-state index in [4.69, 9.17) is 5.73 Å². The van der Waals surface area contributed by atoms with Gasteiger partial charge in [0.25, 0.3) is 0 Å². The van der Waals surface area contributed by atoms with E-state index in [2.05, 4.69) is 11.8 Å². The second-order valence-electron chi connectivity index (χ2n) is 5.43. The van der Waals surface area contributed by atoms with Gasteiger partial charge < -0.3 is 10.8 Å². The Balaban J connectivity index is 2.17. The minimum Gasteiger partial charge on any atom is -0.508 e. The minimum atomic E-state index is -0.410. The molecule has 0 bridgehead atoms. The number of aromatic hydroxyl groups is 1. The highest BCUT2D eigenvalue weighted by atomic mass is 19.1. The van der Waals surface area contributed by atoms with Crippen LogP contribution in [0.25, 0.3) is 0 Å². The largest absolute Gasteiger partial charge is 0.508 e. The maximum atomic E-state index is 13.0. The molecule has 0 aromatic heterocycles. The van der Waals surface area contributed by atoms with E-state index in [1.807, 2.05) is 6.92 Å². The fourth-order valence-electron chi connectivity index (χ4n) is 2.83. The summed E-state index contributed by atoms with van der Waals surface area (Å²) in [6.07, 6.45) is 1.04. The van der Waals surface area contributed by atoms with E-state index < -0.39 is 5.82 Å². The predicted molar refractivity (Wildman–Crippen MR) is 69.8 cm³/mol. The summed E-state index contributed by atoms with van der Waals surface area (Å²) < 4.78 is 13.0. The van der Waals surface area contributed by atoms with Crippen LogP contribution in [0.1, 0.15) is 31.9 Å². The molecule has 0 amide bonds. The highest BCUT2D eigenvalue weighted by Gasteiger charge is 2.27. The molecule has 18 heavy (non-hydrogen) atoms. The molecule has 3 nitrogen and oxygen atoms in total. The average Bonchev–Trinajstić information content (AvgIpc) is 2.26. The molecule has 0 aliphatic carbocycles. The van der Waals surface area contributed by atoms with Crippen LogP contribution in [-0.2, 0) is 0 Å². The summed E-state index contributed by atoms with van der Waals surface area (Å²) in [5.41, 5.74) is 6.79.